The Morgan fingerprint density at radius 1 is 1.38 bits per heavy atom. The van der Waals surface area contributed by atoms with Crippen LogP contribution in [0.1, 0.15) is 36.0 Å². The lowest BCUT2D eigenvalue weighted by Crippen LogP contribution is -2.42. The second-order valence-corrected chi connectivity index (χ2v) is 6.45. The second-order valence-electron chi connectivity index (χ2n) is 6.01. The molecule has 1 saturated carbocycles. The van der Waals surface area contributed by atoms with Crippen LogP contribution in [0.5, 0.6) is 5.75 Å². The van der Waals surface area contributed by atoms with Gasteiger partial charge in [0.2, 0.25) is 0 Å². The maximum absolute atomic E-state index is 12.6. The van der Waals surface area contributed by atoms with Gasteiger partial charge in [-0.05, 0) is 49.8 Å². The highest BCUT2D eigenvalue weighted by Crippen LogP contribution is 2.46. The van der Waals surface area contributed by atoms with Crippen LogP contribution in [0.2, 0.25) is 5.02 Å². The van der Waals surface area contributed by atoms with Gasteiger partial charge in [0.1, 0.15) is 5.75 Å². The minimum absolute atomic E-state index is 0.0458. The molecule has 114 valence electrons. The molecule has 1 aromatic rings. The average molecular weight is 310 g/mol. The zero-order chi connectivity index (χ0) is 15.0. The molecule has 2 aliphatic rings. The van der Waals surface area contributed by atoms with E-state index in [0.717, 1.165) is 25.7 Å². The van der Waals surface area contributed by atoms with Crippen molar-refractivity contribution in [3.8, 4) is 5.75 Å². The standard InChI is InChI=1S/C16H20ClNO3/c1-21-14-3-2-12(17)10-13(14)15(19)18-8-4-11(5-9-18)16(20)6-7-16/h2-3,10-11,20H,4-9H2,1H3. The van der Waals surface area contributed by atoms with E-state index < -0.39 is 5.60 Å². The molecule has 2 fully saturated rings. The number of hydrogen-bond donors (Lipinski definition) is 1. The highest BCUT2D eigenvalue weighted by molar-refractivity contribution is 6.31. The van der Waals surface area contributed by atoms with Gasteiger partial charge in [0.05, 0.1) is 18.3 Å². The van der Waals surface area contributed by atoms with Gasteiger partial charge in [0.15, 0.2) is 0 Å². The number of ether oxygens (including phenoxy) is 1. The highest BCUT2D eigenvalue weighted by Gasteiger charge is 2.48. The fraction of sp³-hybridized carbons (Fsp3) is 0.562. The molecule has 0 bridgehead atoms. The minimum atomic E-state index is -0.442. The van der Waals surface area contributed by atoms with E-state index >= 15 is 0 Å². The van der Waals surface area contributed by atoms with Crippen molar-refractivity contribution in [2.75, 3.05) is 20.2 Å². The topological polar surface area (TPSA) is 49.8 Å². The predicted molar refractivity (Wildman–Crippen MR) is 80.8 cm³/mol. The van der Waals surface area contributed by atoms with Crippen molar-refractivity contribution >= 4 is 17.5 Å². The first kappa shape index (κ1) is 14.7. The predicted octanol–water partition coefficient (Wildman–Crippen LogP) is 2.73. The Kier molecular flexibility index (Phi) is 3.84. The summed E-state index contributed by atoms with van der Waals surface area (Å²) in [5.41, 5.74) is 0.0664. The van der Waals surface area contributed by atoms with Gasteiger partial charge >= 0.3 is 0 Å². The van der Waals surface area contributed by atoms with E-state index in [2.05, 4.69) is 0 Å². The number of amides is 1. The molecule has 1 aromatic carbocycles. The van der Waals surface area contributed by atoms with Gasteiger partial charge in [0.25, 0.3) is 5.91 Å². The molecule has 21 heavy (non-hydrogen) atoms. The number of piperidine rings is 1. The van der Waals surface area contributed by atoms with E-state index in [1.807, 2.05) is 4.90 Å². The molecule has 1 saturated heterocycles. The third-order valence-corrected chi connectivity index (χ3v) is 4.93. The molecule has 1 aliphatic heterocycles. The number of nitrogens with zero attached hydrogens (tertiary/aromatic N) is 1. The molecular weight excluding hydrogens is 290 g/mol. The summed E-state index contributed by atoms with van der Waals surface area (Å²) in [6.45, 7) is 1.36. The van der Waals surface area contributed by atoms with Crippen molar-refractivity contribution in [1.29, 1.82) is 0 Å². The molecule has 1 aliphatic carbocycles. The van der Waals surface area contributed by atoms with E-state index in [1.165, 1.54) is 0 Å². The number of likely N-dealkylation sites (tertiary alicyclic amines) is 1. The molecule has 4 nitrogen and oxygen atoms in total. The van der Waals surface area contributed by atoms with E-state index in [0.29, 0.717) is 35.3 Å². The summed E-state index contributed by atoms with van der Waals surface area (Å²) < 4.78 is 5.25. The lowest BCUT2D eigenvalue weighted by molar-refractivity contribution is 0.0339. The van der Waals surface area contributed by atoms with Crippen LogP contribution in [0.4, 0.5) is 0 Å². The highest BCUT2D eigenvalue weighted by atomic mass is 35.5. The third-order valence-electron chi connectivity index (χ3n) is 4.70. The zero-order valence-electron chi connectivity index (χ0n) is 12.1. The maximum atomic E-state index is 12.6. The van der Waals surface area contributed by atoms with E-state index in [1.54, 1.807) is 25.3 Å². The summed E-state index contributed by atoms with van der Waals surface area (Å²) in [5.74, 6) is 0.839. The summed E-state index contributed by atoms with van der Waals surface area (Å²) in [4.78, 5) is 14.5. The molecule has 1 heterocycles. The summed E-state index contributed by atoms with van der Waals surface area (Å²) in [6.07, 6.45) is 3.55. The van der Waals surface area contributed by atoms with Gasteiger partial charge in [-0.1, -0.05) is 11.6 Å². The minimum Gasteiger partial charge on any atom is -0.496 e. The Morgan fingerprint density at radius 2 is 2.05 bits per heavy atom. The SMILES string of the molecule is COc1ccc(Cl)cc1C(=O)N1CCC(C2(O)CC2)CC1. The Labute approximate surface area is 129 Å². The van der Waals surface area contributed by atoms with Crippen LogP contribution in [0.3, 0.4) is 0 Å². The molecule has 1 amide bonds. The number of rotatable bonds is 3. The monoisotopic (exact) mass is 309 g/mol. The first-order valence-electron chi connectivity index (χ1n) is 7.39. The molecule has 5 heteroatoms. The van der Waals surface area contributed by atoms with E-state index in [4.69, 9.17) is 16.3 Å². The Morgan fingerprint density at radius 3 is 2.62 bits per heavy atom. The van der Waals surface area contributed by atoms with Crippen LogP contribution in [-0.4, -0.2) is 41.7 Å². The molecule has 0 aromatic heterocycles. The quantitative estimate of drug-likeness (QED) is 0.934. The molecular formula is C16H20ClNO3. The molecule has 0 atom stereocenters. The Bertz CT molecular complexity index is 548. The number of benzene rings is 1. The lowest BCUT2D eigenvalue weighted by atomic mass is 9.89. The maximum Gasteiger partial charge on any atom is 0.257 e. The van der Waals surface area contributed by atoms with E-state index in [-0.39, 0.29) is 5.91 Å². The first-order chi connectivity index (χ1) is 10.0. The van der Waals surface area contributed by atoms with Crippen LogP contribution in [0.15, 0.2) is 18.2 Å². The number of aliphatic hydroxyl groups is 1. The fourth-order valence-corrected chi connectivity index (χ4v) is 3.35. The smallest absolute Gasteiger partial charge is 0.257 e. The van der Waals surface area contributed by atoms with Gasteiger partial charge in [-0.25, -0.2) is 0 Å². The van der Waals surface area contributed by atoms with Crippen LogP contribution < -0.4 is 4.74 Å². The van der Waals surface area contributed by atoms with Crippen molar-refractivity contribution in [3.63, 3.8) is 0 Å². The van der Waals surface area contributed by atoms with Gasteiger partial charge in [0, 0.05) is 18.1 Å². The average Bonchev–Trinajstić information content (AvgIpc) is 3.26. The summed E-state index contributed by atoms with van der Waals surface area (Å²) >= 11 is 5.99. The summed E-state index contributed by atoms with van der Waals surface area (Å²) in [5, 5.41) is 10.7. The second kappa shape index (κ2) is 5.50. The van der Waals surface area contributed by atoms with Crippen molar-refractivity contribution < 1.29 is 14.6 Å². The molecule has 0 radical (unpaired) electrons. The molecule has 1 N–H and O–H groups in total. The van der Waals surface area contributed by atoms with Crippen molar-refractivity contribution in [1.82, 2.24) is 4.90 Å². The van der Waals surface area contributed by atoms with Crippen LogP contribution >= 0.6 is 11.6 Å². The zero-order valence-corrected chi connectivity index (χ0v) is 12.9. The first-order valence-corrected chi connectivity index (χ1v) is 7.76. The third kappa shape index (κ3) is 2.87. The van der Waals surface area contributed by atoms with Gasteiger partial charge < -0.3 is 14.7 Å². The Balaban J connectivity index is 1.70. The van der Waals surface area contributed by atoms with E-state index in [9.17, 15) is 9.90 Å². The van der Waals surface area contributed by atoms with Gasteiger partial charge in [-0.2, -0.15) is 0 Å². The normalized spacial score (nSPS) is 21.2. The number of methoxy groups -OCH3 is 1. The molecule has 0 spiro atoms. The summed E-state index contributed by atoms with van der Waals surface area (Å²) in [6, 6.07) is 5.09. The van der Waals surface area contributed by atoms with Crippen molar-refractivity contribution in [2.24, 2.45) is 5.92 Å². The van der Waals surface area contributed by atoms with Crippen molar-refractivity contribution in [2.45, 2.75) is 31.3 Å². The number of carbonyl (C=O) groups is 1. The lowest BCUT2D eigenvalue weighted by Gasteiger charge is -2.34. The largest absolute Gasteiger partial charge is 0.496 e. The number of halogens is 1. The molecule has 3 rings (SSSR count). The van der Waals surface area contributed by atoms with Crippen LogP contribution in [0.25, 0.3) is 0 Å². The van der Waals surface area contributed by atoms with Crippen molar-refractivity contribution in [3.05, 3.63) is 28.8 Å². The van der Waals surface area contributed by atoms with Gasteiger partial charge in [-0.3, -0.25) is 4.79 Å². The van der Waals surface area contributed by atoms with Crippen LogP contribution in [0, 0.1) is 5.92 Å². The van der Waals surface area contributed by atoms with Crippen LogP contribution in [-0.2, 0) is 0 Å². The number of carbonyl (C=O) groups excluding carboxylic acids is 1. The fourth-order valence-electron chi connectivity index (χ4n) is 3.17. The van der Waals surface area contributed by atoms with Gasteiger partial charge in [-0.15, -0.1) is 0 Å². The Hall–Kier alpha value is -1.26. The summed E-state index contributed by atoms with van der Waals surface area (Å²) in [7, 11) is 1.55. The number of hydrogen-bond acceptors (Lipinski definition) is 3. The molecule has 0 unspecified atom stereocenters.